The van der Waals surface area contributed by atoms with Crippen LogP contribution in [0, 0.1) is 0 Å². The lowest BCUT2D eigenvalue weighted by atomic mass is 10.3. The van der Waals surface area contributed by atoms with E-state index in [-0.39, 0.29) is 17.3 Å². The largest absolute Gasteiger partial charge is 0.461 e. The van der Waals surface area contributed by atoms with E-state index in [9.17, 15) is 13.2 Å². The van der Waals surface area contributed by atoms with Crippen molar-refractivity contribution in [3.63, 3.8) is 0 Å². The molecule has 10 heteroatoms. The van der Waals surface area contributed by atoms with Crippen molar-refractivity contribution in [1.82, 2.24) is 14.8 Å². The molecule has 1 aliphatic heterocycles. The van der Waals surface area contributed by atoms with Gasteiger partial charge in [0.2, 0.25) is 0 Å². The maximum Gasteiger partial charge on any atom is 0.316 e. The lowest BCUT2D eigenvalue weighted by molar-refractivity contribution is -0.144. The Balaban J connectivity index is 1.51. The van der Waals surface area contributed by atoms with Crippen LogP contribution in [0.1, 0.15) is 6.42 Å². The number of carbonyl (C=O) groups excluding carboxylic acids is 1. The minimum atomic E-state index is -3.08. The van der Waals surface area contributed by atoms with Gasteiger partial charge in [0.1, 0.15) is 6.10 Å². The molecule has 0 amide bonds. The molecule has 3 aromatic rings. The number of hydrogen-bond donors (Lipinski definition) is 0. The summed E-state index contributed by atoms with van der Waals surface area (Å²) in [6.07, 6.45) is -0.187. The molecule has 0 saturated carbocycles. The van der Waals surface area contributed by atoms with Crippen LogP contribution in [0.25, 0.3) is 16.4 Å². The molecule has 2 aromatic heterocycles. The average molecular weight is 436 g/mol. The first kappa shape index (κ1) is 19.2. The summed E-state index contributed by atoms with van der Waals surface area (Å²) in [6, 6.07) is 13.6. The second kappa shape index (κ2) is 8.06. The first-order chi connectivity index (χ1) is 13.5. The molecule has 1 unspecified atom stereocenters. The van der Waals surface area contributed by atoms with Gasteiger partial charge in [-0.3, -0.25) is 9.36 Å². The number of benzene rings is 1. The van der Waals surface area contributed by atoms with Gasteiger partial charge in [-0.15, -0.1) is 21.5 Å². The quantitative estimate of drug-likeness (QED) is 0.434. The molecular formula is C18H17N3O4S3. The number of hydrogen-bond acceptors (Lipinski definition) is 8. The minimum absolute atomic E-state index is 0.0337. The first-order valence-corrected chi connectivity index (χ1v) is 12.3. The van der Waals surface area contributed by atoms with Crippen molar-refractivity contribution in [2.75, 3.05) is 17.3 Å². The summed E-state index contributed by atoms with van der Waals surface area (Å²) in [5.74, 6) is 0.272. The van der Waals surface area contributed by atoms with Gasteiger partial charge in [0.15, 0.2) is 20.8 Å². The molecule has 7 nitrogen and oxygen atoms in total. The lowest BCUT2D eigenvalue weighted by Crippen LogP contribution is -2.20. The molecule has 1 aliphatic rings. The Bertz CT molecular complexity index is 1060. The van der Waals surface area contributed by atoms with Crippen LogP contribution in [0.4, 0.5) is 0 Å². The van der Waals surface area contributed by atoms with E-state index in [0.29, 0.717) is 17.4 Å². The van der Waals surface area contributed by atoms with E-state index in [0.717, 1.165) is 10.6 Å². The highest BCUT2D eigenvalue weighted by Crippen LogP contribution is 2.30. The Hall–Kier alpha value is -2.17. The van der Waals surface area contributed by atoms with Gasteiger partial charge in [-0.05, 0) is 30.0 Å². The number of ether oxygens (including phenoxy) is 1. The smallest absolute Gasteiger partial charge is 0.316 e. The van der Waals surface area contributed by atoms with Gasteiger partial charge in [0.25, 0.3) is 0 Å². The van der Waals surface area contributed by atoms with E-state index >= 15 is 0 Å². The molecular weight excluding hydrogens is 418 g/mol. The summed E-state index contributed by atoms with van der Waals surface area (Å²) in [5, 5.41) is 11.1. The van der Waals surface area contributed by atoms with Crippen molar-refractivity contribution in [2.45, 2.75) is 17.7 Å². The van der Waals surface area contributed by atoms with Crippen LogP contribution in [-0.2, 0) is 19.4 Å². The van der Waals surface area contributed by atoms with Crippen LogP contribution in [0.15, 0.2) is 53.0 Å². The van der Waals surface area contributed by atoms with Crippen molar-refractivity contribution in [3.05, 3.63) is 47.8 Å². The Kier molecular flexibility index (Phi) is 5.51. The molecule has 0 bridgehead atoms. The monoisotopic (exact) mass is 435 g/mol. The molecule has 1 fully saturated rings. The van der Waals surface area contributed by atoms with Crippen LogP contribution in [0.5, 0.6) is 0 Å². The van der Waals surface area contributed by atoms with Crippen molar-refractivity contribution < 1.29 is 17.9 Å². The maximum absolute atomic E-state index is 12.2. The van der Waals surface area contributed by atoms with E-state index < -0.39 is 21.9 Å². The molecule has 1 aromatic carbocycles. The number of sulfone groups is 1. The van der Waals surface area contributed by atoms with Crippen molar-refractivity contribution in [2.24, 2.45) is 0 Å². The third-order valence-corrected chi connectivity index (χ3v) is 7.70. The molecule has 0 radical (unpaired) electrons. The molecule has 1 atom stereocenters. The van der Waals surface area contributed by atoms with Crippen LogP contribution in [0.2, 0.25) is 0 Å². The number of esters is 1. The number of thioether (sulfide) groups is 1. The van der Waals surface area contributed by atoms with Crippen molar-refractivity contribution in [3.8, 4) is 16.4 Å². The summed E-state index contributed by atoms with van der Waals surface area (Å²) in [5.41, 5.74) is 0.897. The lowest BCUT2D eigenvalue weighted by Gasteiger charge is -2.11. The predicted octanol–water partition coefficient (Wildman–Crippen LogP) is 2.82. The number of rotatable bonds is 6. The molecule has 0 N–H and O–H groups in total. The minimum Gasteiger partial charge on any atom is -0.461 e. The zero-order valence-corrected chi connectivity index (χ0v) is 17.2. The molecule has 3 heterocycles. The highest BCUT2D eigenvalue weighted by Gasteiger charge is 2.30. The Labute approximate surface area is 170 Å². The van der Waals surface area contributed by atoms with Gasteiger partial charge in [-0.25, -0.2) is 8.42 Å². The standard InChI is InChI=1S/C18H17N3O4S3/c22-16(25-14-8-10-28(23,24)12-14)11-27-18-20-19-17(15-7-4-9-26-15)21(18)13-5-2-1-3-6-13/h1-7,9,14H,8,10-12H2. The van der Waals surface area contributed by atoms with Crippen LogP contribution < -0.4 is 0 Å². The first-order valence-electron chi connectivity index (χ1n) is 8.59. The van der Waals surface area contributed by atoms with Crippen LogP contribution in [-0.4, -0.2) is 52.5 Å². The van der Waals surface area contributed by atoms with Crippen LogP contribution >= 0.6 is 23.1 Å². The summed E-state index contributed by atoms with van der Waals surface area (Å²) < 4.78 is 30.2. The SMILES string of the molecule is O=C(CSc1nnc(-c2cccs2)n1-c1ccccc1)OC1CCS(=O)(=O)C1. The number of aromatic nitrogens is 3. The number of carbonyl (C=O) groups is 1. The van der Waals surface area contributed by atoms with Gasteiger partial charge in [-0.2, -0.15) is 0 Å². The summed E-state index contributed by atoms with van der Waals surface area (Å²) in [4.78, 5) is 13.1. The molecule has 146 valence electrons. The summed E-state index contributed by atoms with van der Waals surface area (Å²) in [7, 11) is -3.08. The average Bonchev–Trinajstić information content (AvgIpc) is 3.40. The highest BCUT2D eigenvalue weighted by molar-refractivity contribution is 7.99. The predicted molar refractivity (Wildman–Crippen MR) is 109 cm³/mol. The van der Waals surface area contributed by atoms with E-state index in [1.54, 1.807) is 11.3 Å². The molecule has 0 spiro atoms. The summed E-state index contributed by atoms with van der Waals surface area (Å²) >= 11 is 2.78. The number of thiophene rings is 1. The second-order valence-electron chi connectivity index (χ2n) is 6.26. The summed E-state index contributed by atoms with van der Waals surface area (Å²) in [6.45, 7) is 0. The molecule has 0 aliphatic carbocycles. The van der Waals surface area contributed by atoms with Crippen molar-refractivity contribution >= 4 is 38.9 Å². The van der Waals surface area contributed by atoms with Crippen molar-refractivity contribution in [1.29, 1.82) is 0 Å². The zero-order chi connectivity index (χ0) is 19.6. The highest BCUT2D eigenvalue weighted by atomic mass is 32.2. The van der Waals surface area contributed by atoms with E-state index in [4.69, 9.17) is 4.74 Å². The molecule has 28 heavy (non-hydrogen) atoms. The third-order valence-electron chi connectivity index (χ3n) is 4.20. The fraction of sp³-hybridized carbons (Fsp3) is 0.278. The zero-order valence-electron chi connectivity index (χ0n) is 14.7. The maximum atomic E-state index is 12.2. The number of para-hydroxylation sites is 1. The topological polar surface area (TPSA) is 91.2 Å². The fourth-order valence-electron chi connectivity index (χ4n) is 2.94. The van der Waals surface area contributed by atoms with Gasteiger partial charge < -0.3 is 4.74 Å². The molecule has 4 rings (SSSR count). The normalized spacial score (nSPS) is 18.2. The van der Waals surface area contributed by atoms with Crippen LogP contribution in [0.3, 0.4) is 0 Å². The Morgan fingerprint density at radius 1 is 1.21 bits per heavy atom. The van der Waals surface area contributed by atoms with Gasteiger partial charge in [0.05, 0.1) is 22.1 Å². The second-order valence-corrected chi connectivity index (χ2v) is 10.4. The van der Waals surface area contributed by atoms with E-state index in [1.807, 2.05) is 52.4 Å². The Morgan fingerprint density at radius 3 is 2.71 bits per heavy atom. The molecule has 1 saturated heterocycles. The number of nitrogens with zero attached hydrogens (tertiary/aromatic N) is 3. The van der Waals surface area contributed by atoms with Gasteiger partial charge in [-0.1, -0.05) is 36.0 Å². The van der Waals surface area contributed by atoms with Gasteiger partial charge in [0, 0.05) is 5.69 Å². The fourth-order valence-corrected chi connectivity index (χ4v) is 5.96. The third kappa shape index (κ3) is 4.29. The van der Waals surface area contributed by atoms with E-state index in [1.165, 1.54) is 11.8 Å². The van der Waals surface area contributed by atoms with E-state index in [2.05, 4.69) is 10.2 Å². The van der Waals surface area contributed by atoms with Gasteiger partial charge >= 0.3 is 5.97 Å². The Morgan fingerprint density at radius 2 is 2.04 bits per heavy atom.